The van der Waals surface area contributed by atoms with Crippen molar-refractivity contribution in [2.24, 2.45) is 4.99 Å². The van der Waals surface area contributed by atoms with Crippen molar-refractivity contribution in [2.45, 2.75) is 12.8 Å². The first-order valence-electron chi connectivity index (χ1n) is 3.40. The van der Waals surface area contributed by atoms with Crippen LogP contribution in [-0.2, 0) is 0 Å². The first kappa shape index (κ1) is 7.06. The average Bonchev–Trinajstić information content (AvgIpc) is 2.40. The van der Waals surface area contributed by atoms with Gasteiger partial charge in [0.05, 0.1) is 0 Å². The summed E-state index contributed by atoms with van der Waals surface area (Å²) in [5.41, 5.74) is 2.14. The number of hydrogen-bond acceptors (Lipinski definition) is 2. The molecule has 1 heterocycles. The van der Waals surface area contributed by atoms with Crippen molar-refractivity contribution >= 4 is 6.21 Å². The Balaban J connectivity index is 2.38. The van der Waals surface area contributed by atoms with Crippen LogP contribution >= 0.6 is 0 Å². The van der Waals surface area contributed by atoms with Crippen molar-refractivity contribution in [2.75, 3.05) is 7.05 Å². The van der Waals surface area contributed by atoms with Gasteiger partial charge in [-0.05, 0) is 0 Å². The second-order valence-electron chi connectivity index (χ2n) is 2.27. The Kier molecular flexibility index (Phi) is 2.26. The molecule has 0 unspecified atom stereocenters. The zero-order chi connectivity index (χ0) is 7.40. The van der Waals surface area contributed by atoms with E-state index in [-0.39, 0.29) is 0 Å². The van der Waals surface area contributed by atoms with Gasteiger partial charge in [-0.25, -0.2) is 0 Å². The zero-order valence-electron chi connectivity index (χ0n) is 6.22. The lowest BCUT2D eigenvalue weighted by Gasteiger charge is -2.01. The van der Waals surface area contributed by atoms with E-state index >= 15 is 0 Å². The fourth-order valence-electron chi connectivity index (χ4n) is 0.836. The molecule has 0 spiro atoms. The normalized spacial score (nSPS) is 15.1. The number of nitrogens with zero attached hydrogens (tertiary/aromatic N) is 1. The van der Waals surface area contributed by atoms with Crippen LogP contribution in [0.25, 0.3) is 0 Å². The monoisotopic (exact) mass is 136 g/mol. The van der Waals surface area contributed by atoms with Crippen molar-refractivity contribution in [1.82, 2.24) is 5.32 Å². The van der Waals surface area contributed by atoms with Gasteiger partial charge in [0.15, 0.2) is 0 Å². The molecule has 0 aromatic carbocycles. The molecular weight excluding hydrogens is 124 g/mol. The predicted octanol–water partition coefficient (Wildman–Crippen LogP) is 1.47. The van der Waals surface area contributed by atoms with Crippen LogP contribution in [-0.4, -0.2) is 13.3 Å². The van der Waals surface area contributed by atoms with Crippen LogP contribution in [0.4, 0.5) is 0 Å². The summed E-state index contributed by atoms with van der Waals surface area (Å²) in [6.45, 7) is 3.81. The van der Waals surface area contributed by atoms with E-state index in [1.165, 1.54) is 0 Å². The fourth-order valence-corrected chi connectivity index (χ4v) is 0.836. The predicted molar refractivity (Wildman–Crippen MR) is 44.0 cm³/mol. The number of rotatable bonds is 3. The van der Waals surface area contributed by atoms with E-state index < -0.39 is 0 Å². The molecule has 0 amide bonds. The van der Waals surface area contributed by atoms with E-state index in [9.17, 15) is 0 Å². The smallest absolute Gasteiger partial charge is 0.0422 e. The summed E-state index contributed by atoms with van der Waals surface area (Å²) in [7, 11) is 1.88. The van der Waals surface area contributed by atoms with Crippen LogP contribution in [0.5, 0.6) is 0 Å². The highest BCUT2D eigenvalue weighted by molar-refractivity contribution is 5.64. The highest BCUT2D eigenvalue weighted by atomic mass is 14.8. The molecule has 0 aromatic rings. The van der Waals surface area contributed by atoms with Gasteiger partial charge < -0.3 is 5.32 Å². The minimum atomic E-state index is 0.854. The minimum Gasteiger partial charge on any atom is -0.392 e. The quantitative estimate of drug-likeness (QED) is 0.624. The van der Waals surface area contributed by atoms with Crippen LogP contribution in [0.15, 0.2) is 29.0 Å². The molecule has 0 saturated carbocycles. The Hall–Kier alpha value is -1.05. The molecule has 0 radical (unpaired) electrons. The molecule has 2 nitrogen and oxygen atoms in total. The molecule has 1 aliphatic heterocycles. The second kappa shape index (κ2) is 3.20. The lowest BCUT2D eigenvalue weighted by molar-refractivity contribution is 0.914. The molecule has 0 bridgehead atoms. The van der Waals surface area contributed by atoms with E-state index in [1.807, 2.05) is 13.3 Å². The van der Waals surface area contributed by atoms with Gasteiger partial charge in [-0.1, -0.05) is 12.7 Å². The number of nitrogens with one attached hydrogen (secondary N) is 1. The Morgan fingerprint density at radius 1 is 1.90 bits per heavy atom. The molecule has 0 atom stereocenters. The van der Waals surface area contributed by atoms with Gasteiger partial charge in [-0.3, -0.25) is 4.99 Å². The maximum atomic E-state index is 4.16. The van der Waals surface area contributed by atoms with E-state index in [0.29, 0.717) is 0 Å². The zero-order valence-corrected chi connectivity index (χ0v) is 6.22. The Morgan fingerprint density at radius 2 is 2.70 bits per heavy atom. The second-order valence-corrected chi connectivity index (χ2v) is 2.27. The van der Waals surface area contributed by atoms with Gasteiger partial charge in [0.1, 0.15) is 0 Å². The highest BCUT2D eigenvalue weighted by Gasteiger charge is 1.99. The van der Waals surface area contributed by atoms with Crippen molar-refractivity contribution in [3.63, 3.8) is 0 Å². The third-order valence-corrected chi connectivity index (χ3v) is 1.46. The van der Waals surface area contributed by atoms with Gasteiger partial charge in [0.25, 0.3) is 0 Å². The minimum absolute atomic E-state index is 0.854. The van der Waals surface area contributed by atoms with E-state index in [2.05, 4.69) is 23.0 Å². The summed E-state index contributed by atoms with van der Waals surface area (Å²) < 4.78 is 0. The topological polar surface area (TPSA) is 24.4 Å². The van der Waals surface area contributed by atoms with Crippen molar-refractivity contribution < 1.29 is 0 Å². The van der Waals surface area contributed by atoms with Gasteiger partial charge in [0, 0.05) is 37.5 Å². The third-order valence-electron chi connectivity index (χ3n) is 1.46. The van der Waals surface area contributed by atoms with E-state index in [1.54, 1.807) is 0 Å². The number of allylic oxidation sites excluding steroid dienone is 1. The number of aliphatic imine (C=N–C) groups is 1. The largest absolute Gasteiger partial charge is 0.392 e. The van der Waals surface area contributed by atoms with Crippen molar-refractivity contribution in [3.05, 3.63) is 24.0 Å². The van der Waals surface area contributed by atoms with Gasteiger partial charge in [0.2, 0.25) is 0 Å². The fraction of sp³-hybridized carbons (Fsp3) is 0.375. The van der Waals surface area contributed by atoms with Gasteiger partial charge >= 0.3 is 0 Å². The summed E-state index contributed by atoms with van der Waals surface area (Å²) in [6, 6.07) is 0. The molecule has 1 rings (SSSR count). The SMILES string of the molecule is C=C(CC1=CCC=N1)NC. The van der Waals surface area contributed by atoms with Crippen molar-refractivity contribution in [1.29, 1.82) is 0 Å². The lowest BCUT2D eigenvalue weighted by atomic mass is 10.2. The molecule has 0 saturated heterocycles. The maximum absolute atomic E-state index is 4.16. The maximum Gasteiger partial charge on any atom is 0.0422 e. The molecule has 0 aliphatic carbocycles. The standard InChI is InChI=1S/C8H12N2/c1-7(9-2)6-8-4-3-5-10-8/h4-5,9H,1,3,6H2,2H3. The molecule has 1 aliphatic rings. The van der Waals surface area contributed by atoms with E-state index in [4.69, 9.17) is 0 Å². The summed E-state index contributed by atoms with van der Waals surface area (Å²) in [5.74, 6) is 0. The molecule has 0 aromatic heterocycles. The third kappa shape index (κ3) is 1.72. The first-order chi connectivity index (χ1) is 4.83. The Labute approximate surface area is 61.4 Å². The van der Waals surface area contributed by atoms with Gasteiger partial charge in [-0.2, -0.15) is 0 Å². The molecule has 1 N–H and O–H groups in total. The Morgan fingerprint density at radius 3 is 3.20 bits per heavy atom. The van der Waals surface area contributed by atoms with E-state index in [0.717, 1.165) is 24.2 Å². The molecule has 10 heavy (non-hydrogen) atoms. The first-order valence-corrected chi connectivity index (χ1v) is 3.40. The summed E-state index contributed by atoms with van der Waals surface area (Å²) >= 11 is 0. The van der Waals surface area contributed by atoms with Crippen molar-refractivity contribution in [3.8, 4) is 0 Å². The lowest BCUT2D eigenvalue weighted by Crippen LogP contribution is -2.03. The molecule has 0 fully saturated rings. The average molecular weight is 136 g/mol. The van der Waals surface area contributed by atoms with Gasteiger partial charge in [-0.15, -0.1) is 0 Å². The Bertz CT molecular complexity index is 189. The van der Waals surface area contributed by atoms with Crippen LogP contribution in [0, 0.1) is 0 Å². The summed E-state index contributed by atoms with van der Waals surface area (Å²) in [5, 5.41) is 2.98. The summed E-state index contributed by atoms with van der Waals surface area (Å²) in [6.07, 6.45) is 5.86. The van der Waals surface area contributed by atoms with Crippen LogP contribution < -0.4 is 5.32 Å². The molecule has 2 heteroatoms. The molecule has 54 valence electrons. The van der Waals surface area contributed by atoms with Crippen LogP contribution in [0.2, 0.25) is 0 Å². The number of hydrogen-bond donors (Lipinski definition) is 1. The van der Waals surface area contributed by atoms with Crippen LogP contribution in [0.1, 0.15) is 12.8 Å². The molecular formula is C8H12N2. The summed E-state index contributed by atoms with van der Waals surface area (Å²) in [4.78, 5) is 4.16. The van der Waals surface area contributed by atoms with Crippen LogP contribution in [0.3, 0.4) is 0 Å². The highest BCUT2D eigenvalue weighted by Crippen LogP contribution is 2.12.